The standard InChI is InChI=1S/C20H14F6N6O/c21-19(22,23)9-31(8-13-3-2-12(6-29-13)20(24,25)26)18(33)11-1-4-14-15(5-11)32-10-28-7-16(32)17(27)30-14/h1-7,10H,8-9H2,(H2,27,30). The highest BCUT2D eigenvalue weighted by Gasteiger charge is 2.34. The number of nitrogens with two attached hydrogens (primary N) is 1. The number of hydrogen-bond donors (Lipinski definition) is 1. The monoisotopic (exact) mass is 468 g/mol. The smallest absolute Gasteiger partial charge is 0.382 e. The van der Waals surface area contributed by atoms with Crippen LogP contribution in [0, 0.1) is 0 Å². The molecule has 1 amide bonds. The summed E-state index contributed by atoms with van der Waals surface area (Å²) in [6.45, 7) is -2.26. The minimum absolute atomic E-state index is 0.0831. The summed E-state index contributed by atoms with van der Waals surface area (Å²) in [4.78, 5) is 25.2. The molecule has 0 unspecified atom stereocenters. The average Bonchev–Trinajstić information content (AvgIpc) is 3.22. The van der Waals surface area contributed by atoms with Crippen LogP contribution in [0.4, 0.5) is 32.2 Å². The quantitative estimate of drug-likeness (QED) is 0.456. The van der Waals surface area contributed by atoms with Crippen molar-refractivity contribution in [2.75, 3.05) is 12.3 Å². The molecule has 0 bridgehead atoms. The van der Waals surface area contributed by atoms with E-state index in [0.29, 0.717) is 33.7 Å². The first-order chi connectivity index (χ1) is 15.4. The van der Waals surface area contributed by atoms with Crippen LogP contribution in [0.2, 0.25) is 0 Å². The summed E-state index contributed by atoms with van der Waals surface area (Å²) >= 11 is 0. The van der Waals surface area contributed by atoms with Crippen LogP contribution in [0.25, 0.3) is 16.6 Å². The van der Waals surface area contributed by atoms with E-state index < -0.39 is 36.9 Å². The Hall–Kier alpha value is -3.90. The lowest BCUT2D eigenvalue weighted by molar-refractivity contribution is -0.141. The normalized spacial score (nSPS) is 12.4. The van der Waals surface area contributed by atoms with Gasteiger partial charge >= 0.3 is 12.4 Å². The molecule has 4 aromatic rings. The van der Waals surface area contributed by atoms with E-state index in [1.165, 1.54) is 30.7 Å². The van der Waals surface area contributed by atoms with Crippen LogP contribution in [-0.2, 0) is 12.7 Å². The van der Waals surface area contributed by atoms with Crippen molar-refractivity contribution in [3.05, 3.63) is 65.9 Å². The number of aromatic nitrogens is 4. The average molecular weight is 468 g/mol. The molecule has 0 atom stereocenters. The van der Waals surface area contributed by atoms with Gasteiger partial charge < -0.3 is 10.6 Å². The van der Waals surface area contributed by atoms with Crippen molar-refractivity contribution in [2.24, 2.45) is 0 Å². The lowest BCUT2D eigenvalue weighted by atomic mass is 10.1. The first-order valence-corrected chi connectivity index (χ1v) is 9.32. The molecule has 0 radical (unpaired) electrons. The number of carbonyl (C=O) groups excluding carboxylic acids is 1. The van der Waals surface area contributed by atoms with E-state index in [-0.39, 0.29) is 17.1 Å². The summed E-state index contributed by atoms with van der Waals surface area (Å²) in [5.41, 5.74) is 5.82. The van der Waals surface area contributed by atoms with Crippen LogP contribution in [0.1, 0.15) is 21.6 Å². The molecule has 0 saturated heterocycles. The van der Waals surface area contributed by atoms with E-state index >= 15 is 0 Å². The van der Waals surface area contributed by atoms with Crippen molar-refractivity contribution in [3.8, 4) is 0 Å². The van der Waals surface area contributed by atoms with Crippen LogP contribution in [0.15, 0.2) is 49.1 Å². The van der Waals surface area contributed by atoms with Gasteiger partial charge in [0.25, 0.3) is 5.91 Å². The number of alkyl halides is 6. The molecule has 0 aliphatic rings. The number of nitrogens with zero attached hydrogens (tertiary/aromatic N) is 5. The van der Waals surface area contributed by atoms with Gasteiger partial charge in [-0.1, -0.05) is 0 Å². The van der Waals surface area contributed by atoms with E-state index in [1.54, 1.807) is 4.40 Å². The van der Waals surface area contributed by atoms with Crippen molar-refractivity contribution >= 4 is 28.3 Å². The second-order valence-electron chi connectivity index (χ2n) is 7.16. The number of amides is 1. The van der Waals surface area contributed by atoms with Gasteiger partial charge in [-0.15, -0.1) is 0 Å². The van der Waals surface area contributed by atoms with Gasteiger partial charge in [0.15, 0.2) is 0 Å². The molecule has 13 heteroatoms. The highest BCUT2D eigenvalue weighted by Crippen LogP contribution is 2.29. The lowest BCUT2D eigenvalue weighted by Gasteiger charge is -2.24. The van der Waals surface area contributed by atoms with E-state index in [1.807, 2.05) is 0 Å². The third-order valence-corrected chi connectivity index (χ3v) is 4.79. The number of pyridine rings is 1. The molecule has 172 valence electrons. The fourth-order valence-corrected chi connectivity index (χ4v) is 3.29. The van der Waals surface area contributed by atoms with Crippen molar-refractivity contribution in [3.63, 3.8) is 0 Å². The zero-order valence-corrected chi connectivity index (χ0v) is 16.5. The Labute approximate surface area is 181 Å². The molecular weight excluding hydrogens is 454 g/mol. The van der Waals surface area contributed by atoms with Gasteiger partial charge in [-0.05, 0) is 30.3 Å². The second kappa shape index (κ2) is 7.90. The summed E-state index contributed by atoms with van der Waals surface area (Å²) in [6.07, 6.45) is -6.01. The number of halogens is 6. The van der Waals surface area contributed by atoms with Crippen LogP contribution < -0.4 is 5.73 Å². The summed E-state index contributed by atoms with van der Waals surface area (Å²) < 4.78 is 79.2. The fraction of sp³-hybridized carbons (Fsp3) is 0.200. The highest BCUT2D eigenvalue weighted by molar-refractivity contribution is 5.98. The van der Waals surface area contributed by atoms with Crippen molar-refractivity contribution in [2.45, 2.75) is 18.9 Å². The zero-order chi connectivity index (χ0) is 24.0. The van der Waals surface area contributed by atoms with E-state index in [2.05, 4.69) is 15.0 Å². The van der Waals surface area contributed by atoms with Gasteiger partial charge in [0, 0.05) is 11.8 Å². The van der Waals surface area contributed by atoms with Gasteiger partial charge in [0.2, 0.25) is 0 Å². The van der Waals surface area contributed by atoms with E-state index in [9.17, 15) is 31.1 Å². The molecule has 0 saturated carbocycles. The van der Waals surface area contributed by atoms with Crippen molar-refractivity contribution in [1.29, 1.82) is 0 Å². The molecule has 0 spiro atoms. The summed E-state index contributed by atoms with van der Waals surface area (Å²) in [6, 6.07) is 5.70. The Bertz CT molecular complexity index is 1330. The minimum Gasteiger partial charge on any atom is -0.382 e. The van der Waals surface area contributed by atoms with Crippen LogP contribution in [-0.4, -0.2) is 42.9 Å². The molecule has 3 heterocycles. The van der Waals surface area contributed by atoms with Gasteiger partial charge in [-0.2, -0.15) is 26.3 Å². The number of benzene rings is 1. The molecule has 3 aromatic heterocycles. The van der Waals surface area contributed by atoms with E-state index in [0.717, 1.165) is 6.07 Å². The van der Waals surface area contributed by atoms with Crippen molar-refractivity contribution < 1.29 is 31.1 Å². The SMILES string of the molecule is Nc1nc2ccc(C(=O)N(Cc3ccc(C(F)(F)F)cn3)CC(F)(F)F)cc2n2cncc12. The minimum atomic E-state index is -4.74. The van der Waals surface area contributed by atoms with Gasteiger partial charge in [-0.3, -0.25) is 14.2 Å². The lowest BCUT2D eigenvalue weighted by Crippen LogP contribution is -2.38. The predicted molar refractivity (Wildman–Crippen MR) is 105 cm³/mol. The Kier molecular flexibility index (Phi) is 5.34. The highest BCUT2D eigenvalue weighted by atomic mass is 19.4. The molecule has 2 N–H and O–H groups in total. The van der Waals surface area contributed by atoms with Gasteiger partial charge in [0.1, 0.15) is 17.9 Å². The van der Waals surface area contributed by atoms with Crippen molar-refractivity contribution in [1.82, 2.24) is 24.3 Å². The number of imidazole rings is 1. The summed E-state index contributed by atoms with van der Waals surface area (Å²) in [5, 5.41) is 0. The maximum Gasteiger partial charge on any atom is 0.417 e. The third-order valence-electron chi connectivity index (χ3n) is 4.79. The maximum absolute atomic E-state index is 13.2. The third kappa shape index (κ3) is 4.66. The van der Waals surface area contributed by atoms with Gasteiger partial charge in [-0.25, -0.2) is 9.97 Å². The molecule has 0 aliphatic carbocycles. The number of carbonyl (C=O) groups is 1. The molecular formula is C20H14F6N6O. The zero-order valence-electron chi connectivity index (χ0n) is 16.5. The first-order valence-electron chi connectivity index (χ1n) is 9.32. The number of hydrogen-bond acceptors (Lipinski definition) is 5. The van der Waals surface area contributed by atoms with E-state index in [4.69, 9.17) is 5.73 Å². The Morgan fingerprint density at radius 3 is 2.42 bits per heavy atom. The number of rotatable bonds is 4. The number of fused-ring (bicyclic) bond motifs is 3. The Balaban J connectivity index is 1.69. The molecule has 1 aromatic carbocycles. The molecule has 0 fully saturated rings. The topological polar surface area (TPSA) is 89.4 Å². The fourth-order valence-electron chi connectivity index (χ4n) is 3.29. The molecule has 4 rings (SSSR count). The number of anilines is 1. The largest absolute Gasteiger partial charge is 0.417 e. The molecule has 0 aliphatic heterocycles. The summed E-state index contributed by atoms with van der Waals surface area (Å²) in [5.74, 6) is -0.799. The predicted octanol–water partition coefficient (Wildman–Crippen LogP) is 4.08. The number of nitrogen functional groups attached to an aromatic ring is 1. The molecule has 7 nitrogen and oxygen atoms in total. The van der Waals surface area contributed by atoms with Crippen LogP contribution in [0.5, 0.6) is 0 Å². The first kappa shape index (κ1) is 22.3. The molecule has 33 heavy (non-hydrogen) atoms. The van der Waals surface area contributed by atoms with Gasteiger partial charge in [0.05, 0.1) is 41.4 Å². The summed E-state index contributed by atoms with van der Waals surface area (Å²) in [7, 11) is 0. The van der Waals surface area contributed by atoms with Crippen LogP contribution >= 0.6 is 0 Å². The second-order valence-corrected chi connectivity index (χ2v) is 7.16. The van der Waals surface area contributed by atoms with Crippen LogP contribution in [0.3, 0.4) is 0 Å². The maximum atomic E-state index is 13.2. The Morgan fingerprint density at radius 2 is 1.79 bits per heavy atom. The Morgan fingerprint density at radius 1 is 1.03 bits per heavy atom.